The maximum Gasteiger partial charge on any atom is 0.323 e. The van der Waals surface area contributed by atoms with E-state index < -0.39 is 11.9 Å². The summed E-state index contributed by atoms with van der Waals surface area (Å²) < 4.78 is 0. The lowest BCUT2D eigenvalue weighted by atomic mass is 10.2. The number of aliphatic carboxylic acids is 1. The second kappa shape index (κ2) is 4.40. The first kappa shape index (κ1) is 11.4. The molecule has 1 heterocycles. The van der Waals surface area contributed by atoms with Crippen molar-refractivity contribution in [1.29, 1.82) is 0 Å². The Morgan fingerprint density at radius 2 is 2.18 bits per heavy atom. The van der Waals surface area contributed by atoms with E-state index in [0.717, 1.165) is 12.8 Å². The van der Waals surface area contributed by atoms with E-state index in [0.29, 0.717) is 0 Å². The van der Waals surface area contributed by atoms with E-state index in [4.69, 9.17) is 5.11 Å². The summed E-state index contributed by atoms with van der Waals surface area (Å²) in [6.45, 7) is -0.323. The van der Waals surface area contributed by atoms with Gasteiger partial charge in [-0.05, 0) is 18.9 Å². The highest BCUT2D eigenvalue weighted by molar-refractivity contribution is 5.96. The first-order valence-corrected chi connectivity index (χ1v) is 5.29. The van der Waals surface area contributed by atoms with Gasteiger partial charge in [0.1, 0.15) is 6.54 Å². The molecule has 1 saturated carbocycles. The quantitative estimate of drug-likeness (QED) is 0.773. The van der Waals surface area contributed by atoms with Gasteiger partial charge >= 0.3 is 5.97 Å². The zero-order valence-corrected chi connectivity index (χ0v) is 9.05. The highest BCUT2D eigenvalue weighted by Crippen LogP contribution is 2.27. The number of carboxylic acid groups (broad SMARTS) is 1. The molecule has 0 radical (unpaired) electrons. The molecule has 1 amide bonds. The number of hydrogen-bond acceptors (Lipinski definition) is 3. The molecule has 1 aromatic heterocycles. The van der Waals surface area contributed by atoms with Crippen LogP contribution < -0.4 is 5.56 Å². The van der Waals surface area contributed by atoms with Gasteiger partial charge in [0.2, 0.25) is 5.56 Å². The van der Waals surface area contributed by atoms with E-state index in [-0.39, 0.29) is 23.7 Å². The first-order valence-electron chi connectivity index (χ1n) is 5.29. The monoisotopic (exact) mass is 236 g/mol. The van der Waals surface area contributed by atoms with Crippen LogP contribution in [0, 0.1) is 0 Å². The number of nitrogens with zero attached hydrogens (tertiary/aromatic N) is 1. The minimum absolute atomic E-state index is 0.00196. The number of nitrogens with one attached hydrogen (secondary N) is 1. The average Bonchev–Trinajstić information content (AvgIpc) is 3.08. The summed E-state index contributed by atoms with van der Waals surface area (Å²) in [7, 11) is 0. The topological polar surface area (TPSA) is 90.5 Å². The second-order valence-corrected chi connectivity index (χ2v) is 4.00. The van der Waals surface area contributed by atoms with Gasteiger partial charge in [0.25, 0.3) is 5.91 Å². The Bertz CT molecular complexity index is 504. The van der Waals surface area contributed by atoms with Gasteiger partial charge in [-0.1, -0.05) is 0 Å². The number of carbonyl (C=O) groups is 2. The molecule has 0 saturated heterocycles. The number of rotatable bonds is 4. The number of aromatic nitrogens is 1. The van der Waals surface area contributed by atoms with Crippen LogP contribution in [-0.2, 0) is 4.79 Å². The van der Waals surface area contributed by atoms with Crippen LogP contribution in [0.3, 0.4) is 0 Å². The van der Waals surface area contributed by atoms with Crippen molar-refractivity contribution in [2.24, 2.45) is 0 Å². The molecule has 1 aliphatic carbocycles. The molecule has 6 nitrogen and oxygen atoms in total. The van der Waals surface area contributed by atoms with Gasteiger partial charge in [-0.15, -0.1) is 0 Å². The van der Waals surface area contributed by atoms with Crippen molar-refractivity contribution in [3.8, 4) is 0 Å². The number of carbonyl (C=O) groups excluding carboxylic acids is 1. The molecule has 1 aliphatic rings. The zero-order valence-electron chi connectivity index (χ0n) is 9.05. The molecule has 6 heteroatoms. The summed E-state index contributed by atoms with van der Waals surface area (Å²) >= 11 is 0. The van der Waals surface area contributed by atoms with Gasteiger partial charge in [-0.25, -0.2) is 0 Å². The van der Waals surface area contributed by atoms with Crippen LogP contribution in [-0.4, -0.2) is 39.5 Å². The van der Waals surface area contributed by atoms with Crippen molar-refractivity contribution in [2.45, 2.75) is 18.9 Å². The van der Waals surface area contributed by atoms with Crippen molar-refractivity contribution in [1.82, 2.24) is 9.88 Å². The molecule has 90 valence electrons. The van der Waals surface area contributed by atoms with E-state index in [1.54, 1.807) is 0 Å². The van der Waals surface area contributed by atoms with Crippen molar-refractivity contribution < 1.29 is 14.7 Å². The lowest BCUT2D eigenvalue weighted by Gasteiger charge is -2.19. The van der Waals surface area contributed by atoms with Crippen molar-refractivity contribution in [3.05, 3.63) is 34.2 Å². The molecule has 0 bridgehead atoms. The fourth-order valence-corrected chi connectivity index (χ4v) is 1.64. The van der Waals surface area contributed by atoms with Crippen LogP contribution in [0.5, 0.6) is 0 Å². The molecule has 0 unspecified atom stereocenters. The van der Waals surface area contributed by atoms with E-state index in [1.165, 1.54) is 23.2 Å². The molecule has 2 rings (SSSR count). The largest absolute Gasteiger partial charge is 0.480 e. The highest BCUT2D eigenvalue weighted by Gasteiger charge is 2.34. The molecule has 0 aliphatic heterocycles. The predicted molar refractivity (Wildman–Crippen MR) is 58.8 cm³/mol. The van der Waals surface area contributed by atoms with E-state index >= 15 is 0 Å². The van der Waals surface area contributed by atoms with Crippen LogP contribution in [0.2, 0.25) is 0 Å². The third kappa shape index (κ3) is 2.72. The molecular weight excluding hydrogens is 224 g/mol. The Hall–Kier alpha value is -2.11. The smallest absolute Gasteiger partial charge is 0.323 e. The summed E-state index contributed by atoms with van der Waals surface area (Å²) in [5.74, 6) is -1.45. The summed E-state index contributed by atoms with van der Waals surface area (Å²) in [6, 6.07) is 2.65. The van der Waals surface area contributed by atoms with Gasteiger partial charge in [-0.2, -0.15) is 0 Å². The molecule has 0 spiro atoms. The fraction of sp³-hybridized carbons (Fsp3) is 0.364. The molecule has 0 aromatic carbocycles. The minimum Gasteiger partial charge on any atom is -0.480 e. The van der Waals surface area contributed by atoms with Crippen LogP contribution in [0.1, 0.15) is 23.2 Å². The highest BCUT2D eigenvalue weighted by atomic mass is 16.4. The fourth-order valence-electron chi connectivity index (χ4n) is 1.64. The minimum atomic E-state index is -1.05. The number of hydrogen-bond donors (Lipinski definition) is 2. The molecule has 1 fully saturated rings. The van der Waals surface area contributed by atoms with Gasteiger partial charge in [0.15, 0.2) is 0 Å². The van der Waals surface area contributed by atoms with Crippen LogP contribution in [0.15, 0.2) is 23.1 Å². The summed E-state index contributed by atoms with van der Waals surface area (Å²) in [5, 5.41) is 8.75. The van der Waals surface area contributed by atoms with Gasteiger partial charge < -0.3 is 15.0 Å². The van der Waals surface area contributed by atoms with Crippen LogP contribution in [0.4, 0.5) is 0 Å². The Labute approximate surface area is 96.9 Å². The maximum atomic E-state index is 12.0. The molecular formula is C11H12N2O4. The standard InChI is InChI=1S/C11H12N2O4/c14-9-5-7(3-4-12-9)11(17)13(6-10(15)16)8-1-2-8/h3-5,8H,1-2,6H2,(H,12,14)(H,15,16). The second-order valence-electron chi connectivity index (χ2n) is 4.00. The Balaban J connectivity index is 2.21. The molecule has 2 N–H and O–H groups in total. The maximum absolute atomic E-state index is 12.0. The molecule has 1 aromatic rings. The third-order valence-electron chi connectivity index (χ3n) is 2.58. The normalized spacial score (nSPS) is 14.4. The third-order valence-corrected chi connectivity index (χ3v) is 2.58. The van der Waals surface area contributed by atoms with Crippen LogP contribution in [0.25, 0.3) is 0 Å². The first-order chi connectivity index (χ1) is 8.08. The van der Waals surface area contributed by atoms with Gasteiger partial charge in [-0.3, -0.25) is 14.4 Å². The summed E-state index contributed by atoms with van der Waals surface area (Å²) in [5.41, 5.74) is -0.149. The van der Waals surface area contributed by atoms with Crippen molar-refractivity contribution in [3.63, 3.8) is 0 Å². The van der Waals surface area contributed by atoms with E-state index in [2.05, 4.69) is 4.98 Å². The summed E-state index contributed by atoms with van der Waals surface area (Å²) in [6.07, 6.45) is 3.02. The number of pyridine rings is 1. The van der Waals surface area contributed by atoms with E-state index in [1.807, 2.05) is 0 Å². The van der Waals surface area contributed by atoms with Gasteiger partial charge in [0.05, 0.1) is 0 Å². The number of H-pyrrole nitrogens is 1. The van der Waals surface area contributed by atoms with Crippen molar-refractivity contribution >= 4 is 11.9 Å². The zero-order chi connectivity index (χ0) is 12.4. The number of amides is 1. The van der Waals surface area contributed by atoms with Crippen molar-refractivity contribution in [2.75, 3.05) is 6.54 Å². The van der Waals surface area contributed by atoms with Crippen LogP contribution >= 0.6 is 0 Å². The summed E-state index contributed by atoms with van der Waals surface area (Å²) in [4.78, 5) is 37.5. The predicted octanol–water partition coefficient (Wildman–Crippen LogP) is 0.0641. The Kier molecular flexibility index (Phi) is 2.95. The average molecular weight is 236 g/mol. The van der Waals surface area contributed by atoms with Gasteiger partial charge in [0, 0.05) is 23.9 Å². The number of aromatic amines is 1. The SMILES string of the molecule is O=C(O)CN(C(=O)c1cc[nH]c(=O)c1)C1CC1. The van der Waals surface area contributed by atoms with E-state index in [9.17, 15) is 14.4 Å². The Morgan fingerprint density at radius 1 is 1.47 bits per heavy atom. The molecule has 17 heavy (non-hydrogen) atoms. The number of carboxylic acids is 1. The Morgan fingerprint density at radius 3 is 2.71 bits per heavy atom. The molecule has 0 atom stereocenters. The lowest BCUT2D eigenvalue weighted by Crippen LogP contribution is -2.37. The lowest BCUT2D eigenvalue weighted by molar-refractivity contribution is -0.137.